The normalized spacial score (nSPS) is 17.5. The molecule has 0 radical (unpaired) electrons. The van der Waals surface area contributed by atoms with E-state index in [0.717, 1.165) is 40.7 Å². The van der Waals surface area contributed by atoms with Crippen LogP contribution in [-0.4, -0.2) is 40.2 Å². The van der Waals surface area contributed by atoms with Crippen LogP contribution < -0.4 is 9.64 Å². The molecule has 2 fully saturated rings. The highest BCUT2D eigenvalue weighted by Crippen LogP contribution is 2.41. The van der Waals surface area contributed by atoms with Crippen molar-refractivity contribution < 1.29 is 4.74 Å². The molecule has 2 aliphatic rings. The number of hydrogen-bond acceptors (Lipinski definition) is 5. The van der Waals surface area contributed by atoms with Crippen LogP contribution >= 0.6 is 23.4 Å². The van der Waals surface area contributed by atoms with Gasteiger partial charge in [0.25, 0.3) is 0 Å². The minimum atomic E-state index is 0.593. The van der Waals surface area contributed by atoms with Crippen LogP contribution in [0.4, 0.5) is 5.95 Å². The van der Waals surface area contributed by atoms with Crippen molar-refractivity contribution in [3.05, 3.63) is 29.3 Å². The van der Waals surface area contributed by atoms with Crippen molar-refractivity contribution in [1.82, 2.24) is 14.8 Å². The fraction of sp³-hybridized carbons (Fsp3) is 0.529. The van der Waals surface area contributed by atoms with Crippen LogP contribution in [0.25, 0.3) is 0 Å². The van der Waals surface area contributed by atoms with Crippen molar-refractivity contribution in [3.8, 4) is 5.75 Å². The lowest BCUT2D eigenvalue weighted by Gasteiger charge is -2.17. The van der Waals surface area contributed by atoms with Gasteiger partial charge < -0.3 is 9.64 Å². The predicted octanol–water partition coefficient (Wildman–Crippen LogP) is 4.04. The van der Waals surface area contributed by atoms with E-state index >= 15 is 0 Å². The van der Waals surface area contributed by atoms with Crippen LogP contribution in [0, 0.1) is 0 Å². The van der Waals surface area contributed by atoms with E-state index < -0.39 is 0 Å². The second-order valence-electron chi connectivity index (χ2n) is 6.23. The van der Waals surface area contributed by atoms with E-state index in [0.29, 0.717) is 12.6 Å². The largest absolute Gasteiger partial charge is 0.493 e. The van der Waals surface area contributed by atoms with Gasteiger partial charge in [-0.05, 0) is 49.9 Å². The van der Waals surface area contributed by atoms with Crippen molar-refractivity contribution in [1.29, 1.82) is 0 Å². The molecule has 5 nitrogen and oxygen atoms in total. The van der Waals surface area contributed by atoms with E-state index in [1.165, 1.54) is 25.7 Å². The number of ether oxygens (including phenoxy) is 1. The molecular weight excluding hydrogens is 344 g/mol. The van der Waals surface area contributed by atoms with Crippen LogP contribution in [0.15, 0.2) is 29.4 Å². The number of nitrogens with zero attached hydrogens (tertiary/aromatic N) is 4. The third-order valence-electron chi connectivity index (χ3n) is 4.34. The van der Waals surface area contributed by atoms with E-state index in [1.807, 2.05) is 24.3 Å². The van der Waals surface area contributed by atoms with E-state index in [9.17, 15) is 0 Å². The zero-order valence-corrected chi connectivity index (χ0v) is 15.1. The first-order chi connectivity index (χ1) is 11.8. The van der Waals surface area contributed by atoms with Crippen molar-refractivity contribution in [2.75, 3.05) is 30.3 Å². The van der Waals surface area contributed by atoms with Crippen LogP contribution in [0.1, 0.15) is 31.7 Å². The van der Waals surface area contributed by atoms with Crippen molar-refractivity contribution in [2.24, 2.45) is 0 Å². The lowest BCUT2D eigenvalue weighted by Crippen LogP contribution is -2.22. The monoisotopic (exact) mass is 364 g/mol. The second kappa shape index (κ2) is 7.23. The van der Waals surface area contributed by atoms with E-state index in [-0.39, 0.29) is 0 Å². The smallest absolute Gasteiger partial charge is 0.228 e. The number of rotatable bonds is 7. The highest BCUT2D eigenvalue weighted by atomic mass is 35.5. The van der Waals surface area contributed by atoms with Gasteiger partial charge in [0.15, 0.2) is 5.16 Å². The fourth-order valence-corrected chi connectivity index (χ4v) is 3.92. The maximum atomic E-state index is 5.88. The Balaban J connectivity index is 1.35. The molecule has 1 aliphatic heterocycles. The average Bonchev–Trinajstić information content (AvgIpc) is 3.11. The number of benzene rings is 1. The molecule has 0 N–H and O–H groups in total. The maximum absolute atomic E-state index is 5.88. The molecule has 128 valence electrons. The standard InChI is InChI=1S/C17H21ClN4OS/c18-13-3-7-15(8-4-13)23-11-12-24-17-20-19-16(21-9-1-2-10-21)22(17)14-5-6-14/h3-4,7-8,14H,1-2,5-6,9-12H2. The minimum absolute atomic E-state index is 0.593. The number of hydrogen-bond donors (Lipinski definition) is 0. The Hall–Kier alpha value is -1.40. The Kier molecular flexibility index (Phi) is 4.85. The summed E-state index contributed by atoms with van der Waals surface area (Å²) in [6, 6.07) is 8.07. The first kappa shape index (κ1) is 16.1. The van der Waals surface area contributed by atoms with Crippen LogP contribution in [0.2, 0.25) is 5.02 Å². The molecule has 1 aromatic carbocycles. The maximum Gasteiger partial charge on any atom is 0.228 e. The number of thioether (sulfide) groups is 1. The topological polar surface area (TPSA) is 43.2 Å². The molecule has 7 heteroatoms. The van der Waals surface area contributed by atoms with Gasteiger partial charge in [-0.1, -0.05) is 23.4 Å². The Labute approximate surface area is 151 Å². The second-order valence-corrected chi connectivity index (χ2v) is 7.73. The van der Waals surface area contributed by atoms with Gasteiger partial charge in [0.2, 0.25) is 5.95 Å². The zero-order chi connectivity index (χ0) is 16.4. The zero-order valence-electron chi connectivity index (χ0n) is 13.5. The quantitative estimate of drug-likeness (QED) is 0.548. The molecule has 1 saturated heterocycles. The van der Waals surface area contributed by atoms with Gasteiger partial charge >= 0.3 is 0 Å². The summed E-state index contributed by atoms with van der Waals surface area (Å²) >= 11 is 7.61. The Morgan fingerprint density at radius 2 is 1.88 bits per heavy atom. The summed E-state index contributed by atoms with van der Waals surface area (Å²) in [5.41, 5.74) is 0. The van der Waals surface area contributed by atoms with Crippen molar-refractivity contribution in [3.63, 3.8) is 0 Å². The van der Waals surface area contributed by atoms with E-state index in [2.05, 4.69) is 19.7 Å². The van der Waals surface area contributed by atoms with Gasteiger partial charge in [0.1, 0.15) is 5.75 Å². The molecule has 24 heavy (non-hydrogen) atoms. The summed E-state index contributed by atoms with van der Waals surface area (Å²) in [5.74, 6) is 2.77. The molecule has 0 unspecified atom stereocenters. The molecule has 0 spiro atoms. The molecule has 1 aliphatic carbocycles. The molecular formula is C17H21ClN4OS. The highest BCUT2D eigenvalue weighted by Gasteiger charge is 2.32. The average molecular weight is 365 g/mol. The van der Waals surface area contributed by atoms with Gasteiger partial charge in [0, 0.05) is 29.9 Å². The van der Waals surface area contributed by atoms with Crippen molar-refractivity contribution >= 4 is 29.3 Å². The molecule has 0 bridgehead atoms. The SMILES string of the molecule is Clc1ccc(OCCSc2nnc(N3CCCC3)n2C2CC2)cc1. The molecule has 0 amide bonds. The van der Waals surface area contributed by atoms with E-state index in [4.69, 9.17) is 16.3 Å². The highest BCUT2D eigenvalue weighted by molar-refractivity contribution is 7.99. The lowest BCUT2D eigenvalue weighted by molar-refractivity contribution is 0.344. The minimum Gasteiger partial charge on any atom is -0.493 e. The number of anilines is 1. The van der Waals surface area contributed by atoms with Crippen LogP contribution in [0.5, 0.6) is 5.75 Å². The molecule has 2 heterocycles. The summed E-state index contributed by atoms with van der Waals surface area (Å²) in [6.07, 6.45) is 5.01. The summed E-state index contributed by atoms with van der Waals surface area (Å²) in [7, 11) is 0. The van der Waals surface area contributed by atoms with Gasteiger partial charge in [-0.25, -0.2) is 0 Å². The fourth-order valence-electron chi connectivity index (χ4n) is 2.98. The van der Waals surface area contributed by atoms with Gasteiger partial charge in [0.05, 0.1) is 6.61 Å². The molecule has 2 aromatic rings. The third kappa shape index (κ3) is 3.64. The molecule has 4 rings (SSSR count). The summed E-state index contributed by atoms with van der Waals surface area (Å²) < 4.78 is 8.10. The Morgan fingerprint density at radius 3 is 2.58 bits per heavy atom. The molecule has 1 aromatic heterocycles. The molecule has 1 saturated carbocycles. The van der Waals surface area contributed by atoms with Crippen LogP contribution in [-0.2, 0) is 0 Å². The van der Waals surface area contributed by atoms with Crippen molar-refractivity contribution in [2.45, 2.75) is 36.9 Å². The Bertz CT molecular complexity index is 680. The number of halogens is 1. The summed E-state index contributed by atoms with van der Waals surface area (Å²) in [4.78, 5) is 2.37. The Morgan fingerprint density at radius 1 is 1.12 bits per heavy atom. The summed E-state index contributed by atoms with van der Waals surface area (Å²) in [5, 5.41) is 10.7. The number of aromatic nitrogens is 3. The van der Waals surface area contributed by atoms with Gasteiger partial charge in [-0.2, -0.15) is 0 Å². The molecule has 0 atom stereocenters. The van der Waals surface area contributed by atoms with Gasteiger partial charge in [-0.15, -0.1) is 10.2 Å². The lowest BCUT2D eigenvalue weighted by atomic mass is 10.3. The summed E-state index contributed by atoms with van der Waals surface area (Å²) in [6.45, 7) is 2.85. The predicted molar refractivity (Wildman–Crippen MR) is 97.4 cm³/mol. The van der Waals surface area contributed by atoms with Crippen LogP contribution in [0.3, 0.4) is 0 Å². The van der Waals surface area contributed by atoms with Gasteiger partial charge in [-0.3, -0.25) is 4.57 Å². The third-order valence-corrected chi connectivity index (χ3v) is 5.50. The first-order valence-corrected chi connectivity index (χ1v) is 9.88. The van der Waals surface area contributed by atoms with E-state index in [1.54, 1.807) is 11.8 Å². The first-order valence-electron chi connectivity index (χ1n) is 8.52.